The molecule has 48 heavy (non-hydrogen) atoms. The molecule has 4 aromatic rings. The van der Waals surface area contributed by atoms with E-state index in [-0.39, 0.29) is 42.3 Å². The lowest BCUT2D eigenvalue weighted by Crippen LogP contribution is -2.49. The van der Waals surface area contributed by atoms with Crippen LogP contribution in [0.3, 0.4) is 0 Å². The second-order valence-corrected chi connectivity index (χ2v) is 13.2. The van der Waals surface area contributed by atoms with Crippen molar-refractivity contribution in [3.63, 3.8) is 0 Å². The number of ketones is 1. The van der Waals surface area contributed by atoms with Gasteiger partial charge in [0.2, 0.25) is 17.7 Å². The van der Waals surface area contributed by atoms with Crippen molar-refractivity contribution in [3.8, 4) is 0 Å². The average Bonchev–Trinajstić information content (AvgIpc) is 3.70. The Morgan fingerprint density at radius 3 is 2.50 bits per heavy atom. The van der Waals surface area contributed by atoms with Gasteiger partial charge in [0.15, 0.2) is 5.78 Å². The van der Waals surface area contributed by atoms with Gasteiger partial charge in [0.05, 0.1) is 23.8 Å². The SMILES string of the molecule is CC(=O)c1c(C)nn(CCC(=O)N2CCCC(=O)N[C@H](Cc3c[nH]c4ccccc34)C(=O)N[C@@H](CC(C)C)c3nc(C)nn3CC2)c1C. The van der Waals surface area contributed by atoms with Gasteiger partial charge in [0, 0.05) is 61.7 Å². The average molecular weight is 658 g/mol. The number of nitrogens with zero attached hydrogens (tertiary/aromatic N) is 6. The highest BCUT2D eigenvalue weighted by atomic mass is 16.2. The summed E-state index contributed by atoms with van der Waals surface area (Å²) in [6, 6.07) is 6.62. The maximum absolute atomic E-state index is 13.9. The fourth-order valence-electron chi connectivity index (χ4n) is 6.65. The van der Waals surface area contributed by atoms with Crippen LogP contribution in [0.15, 0.2) is 30.5 Å². The number of benzene rings is 1. The first-order valence-electron chi connectivity index (χ1n) is 16.8. The number of hydrogen-bond donors (Lipinski definition) is 3. The Balaban J connectivity index is 1.40. The molecule has 13 nitrogen and oxygen atoms in total. The number of aromatic amines is 1. The van der Waals surface area contributed by atoms with Gasteiger partial charge in [-0.25, -0.2) is 9.67 Å². The van der Waals surface area contributed by atoms with Crippen LogP contribution in [0.5, 0.6) is 0 Å². The number of nitrogens with one attached hydrogen (secondary N) is 3. The topological polar surface area (TPSA) is 160 Å². The lowest BCUT2D eigenvalue weighted by molar-refractivity contribution is -0.132. The number of rotatable bonds is 8. The largest absolute Gasteiger partial charge is 0.361 e. The van der Waals surface area contributed by atoms with Gasteiger partial charge in [0.25, 0.3) is 0 Å². The van der Waals surface area contributed by atoms with E-state index in [1.165, 1.54) is 6.92 Å². The number of aromatic nitrogens is 6. The zero-order valence-corrected chi connectivity index (χ0v) is 28.8. The molecule has 0 saturated carbocycles. The van der Waals surface area contributed by atoms with E-state index in [0.29, 0.717) is 68.3 Å². The molecule has 0 bridgehead atoms. The molecule has 0 aliphatic carbocycles. The van der Waals surface area contributed by atoms with Crippen LogP contribution in [-0.4, -0.2) is 77.1 Å². The molecule has 0 saturated heterocycles. The minimum atomic E-state index is -0.815. The number of Topliss-reactive ketones (excluding diaryl/α,β-unsaturated/α-hetero) is 1. The smallest absolute Gasteiger partial charge is 0.243 e. The summed E-state index contributed by atoms with van der Waals surface area (Å²) >= 11 is 0. The fourth-order valence-corrected chi connectivity index (χ4v) is 6.65. The molecule has 0 spiro atoms. The Morgan fingerprint density at radius 2 is 1.77 bits per heavy atom. The first-order chi connectivity index (χ1) is 22.9. The molecular formula is C35H47N9O4. The van der Waals surface area contributed by atoms with Gasteiger partial charge < -0.3 is 20.5 Å². The molecule has 2 atom stereocenters. The molecule has 5 rings (SSSR count). The van der Waals surface area contributed by atoms with Crippen molar-refractivity contribution in [1.82, 2.24) is 45.1 Å². The van der Waals surface area contributed by atoms with Gasteiger partial charge in [0.1, 0.15) is 17.7 Å². The summed E-state index contributed by atoms with van der Waals surface area (Å²) in [4.78, 5) is 62.7. The van der Waals surface area contributed by atoms with Crippen LogP contribution in [0, 0.1) is 26.7 Å². The molecule has 3 aromatic heterocycles. The second kappa shape index (κ2) is 15.0. The molecule has 256 valence electrons. The standard InChI is InChI=1S/C35H47N9O4/c1-21(2)18-29-34-37-25(6)41-44(34)17-16-42(32(47)13-15-43-23(4)33(24(5)45)22(3)40-43)14-9-12-31(46)38-30(35(48)39-29)19-26-20-36-28-11-8-7-10-27(26)28/h7-8,10-11,20-21,29-30,36H,9,12-19H2,1-6H3,(H,38,46)(H,39,48)/t29-,30+/m0/s1. The van der Waals surface area contributed by atoms with Crippen LogP contribution in [0.1, 0.15) is 91.5 Å². The van der Waals surface area contributed by atoms with E-state index < -0.39 is 12.1 Å². The predicted octanol–water partition coefficient (Wildman–Crippen LogP) is 3.73. The van der Waals surface area contributed by atoms with E-state index in [1.807, 2.05) is 44.3 Å². The van der Waals surface area contributed by atoms with E-state index in [4.69, 9.17) is 4.98 Å². The summed E-state index contributed by atoms with van der Waals surface area (Å²) in [5.74, 6) is 0.764. The van der Waals surface area contributed by atoms with Crippen LogP contribution in [-0.2, 0) is 33.9 Å². The van der Waals surface area contributed by atoms with Gasteiger partial charge in [-0.1, -0.05) is 32.0 Å². The molecule has 4 heterocycles. The van der Waals surface area contributed by atoms with Crippen molar-refractivity contribution in [2.45, 2.75) is 98.8 Å². The number of carbonyl (C=O) groups is 4. The highest BCUT2D eigenvalue weighted by molar-refractivity contribution is 5.96. The summed E-state index contributed by atoms with van der Waals surface area (Å²) in [5, 5.41) is 16.3. The van der Waals surface area contributed by atoms with Crippen molar-refractivity contribution < 1.29 is 19.2 Å². The molecule has 1 aromatic carbocycles. The molecule has 0 fully saturated rings. The molecule has 13 heteroatoms. The highest BCUT2D eigenvalue weighted by Crippen LogP contribution is 2.23. The van der Waals surface area contributed by atoms with Crippen LogP contribution < -0.4 is 10.6 Å². The summed E-state index contributed by atoms with van der Waals surface area (Å²) < 4.78 is 3.51. The molecule has 3 N–H and O–H groups in total. The van der Waals surface area contributed by atoms with E-state index in [2.05, 4.69) is 39.7 Å². The first-order valence-corrected chi connectivity index (χ1v) is 16.8. The van der Waals surface area contributed by atoms with Gasteiger partial charge in [-0.3, -0.25) is 23.9 Å². The molecule has 0 unspecified atom stereocenters. The van der Waals surface area contributed by atoms with E-state index in [1.54, 1.807) is 21.2 Å². The van der Waals surface area contributed by atoms with Gasteiger partial charge in [-0.15, -0.1) is 0 Å². The number of para-hydroxylation sites is 1. The lowest BCUT2D eigenvalue weighted by Gasteiger charge is -2.27. The maximum atomic E-state index is 13.9. The third kappa shape index (κ3) is 8.00. The number of amides is 3. The maximum Gasteiger partial charge on any atom is 0.243 e. The normalized spacial score (nSPS) is 18.0. The van der Waals surface area contributed by atoms with Crippen molar-refractivity contribution >= 4 is 34.4 Å². The van der Waals surface area contributed by atoms with E-state index >= 15 is 0 Å². The zero-order valence-electron chi connectivity index (χ0n) is 28.8. The third-order valence-corrected chi connectivity index (χ3v) is 8.93. The minimum Gasteiger partial charge on any atom is -0.361 e. The summed E-state index contributed by atoms with van der Waals surface area (Å²) in [6.45, 7) is 12.6. The van der Waals surface area contributed by atoms with Crippen molar-refractivity contribution in [1.29, 1.82) is 0 Å². The molecule has 1 aliphatic heterocycles. The van der Waals surface area contributed by atoms with Crippen molar-refractivity contribution in [2.24, 2.45) is 5.92 Å². The van der Waals surface area contributed by atoms with Crippen LogP contribution in [0.25, 0.3) is 10.9 Å². The fraction of sp³-hybridized carbons (Fsp3) is 0.514. The summed E-state index contributed by atoms with van der Waals surface area (Å²) in [5.41, 5.74) is 3.88. The number of carbonyl (C=O) groups excluding carboxylic acids is 4. The van der Waals surface area contributed by atoms with Crippen molar-refractivity contribution in [3.05, 3.63) is 64.6 Å². The van der Waals surface area contributed by atoms with Gasteiger partial charge >= 0.3 is 0 Å². The summed E-state index contributed by atoms with van der Waals surface area (Å²) in [7, 11) is 0. The predicted molar refractivity (Wildman–Crippen MR) is 181 cm³/mol. The Hall–Kier alpha value is -4.81. The molecule has 3 amide bonds. The number of aryl methyl sites for hydroxylation is 3. The van der Waals surface area contributed by atoms with E-state index in [9.17, 15) is 19.2 Å². The number of H-pyrrole nitrogens is 1. The van der Waals surface area contributed by atoms with Crippen LogP contribution in [0.4, 0.5) is 0 Å². The Kier molecular flexibility index (Phi) is 10.8. The van der Waals surface area contributed by atoms with Crippen LogP contribution >= 0.6 is 0 Å². The van der Waals surface area contributed by atoms with Gasteiger partial charge in [-0.05, 0) is 58.1 Å². The Bertz CT molecular complexity index is 1800. The highest BCUT2D eigenvalue weighted by Gasteiger charge is 2.29. The number of hydrogen-bond acceptors (Lipinski definition) is 7. The molecular weight excluding hydrogens is 610 g/mol. The minimum absolute atomic E-state index is 0.0507. The van der Waals surface area contributed by atoms with Crippen LogP contribution in [0.2, 0.25) is 0 Å². The monoisotopic (exact) mass is 657 g/mol. The molecule has 1 aliphatic rings. The van der Waals surface area contributed by atoms with Crippen molar-refractivity contribution in [2.75, 3.05) is 13.1 Å². The third-order valence-electron chi connectivity index (χ3n) is 8.93. The molecule has 0 radical (unpaired) electrons. The number of fused-ring (bicyclic) bond motifs is 2. The lowest BCUT2D eigenvalue weighted by atomic mass is 10.0. The Labute approximate surface area is 280 Å². The van der Waals surface area contributed by atoms with Gasteiger partial charge in [-0.2, -0.15) is 10.2 Å². The quantitative estimate of drug-likeness (QED) is 0.244. The zero-order chi connectivity index (χ0) is 34.5. The first kappa shape index (κ1) is 34.5. The van der Waals surface area contributed by atoms with E-state index in [0.717, 1.165) is 22.2 Å². The second-order valence-electron chi connectivity index (χ2n) is 13.2. The summed E-state index contributed by atoms with van der Waals surface area (Å²) in [6.07, 6.45) is 3.58. The Morgan fingerprint density at radius 1 is 1.00 bits per heavy atom.